The molecule has 1 amide bonds. The minimum atomic E-state index is -1.55. The number of fused-ring (bicyclic) bond motifs is 1. The Hall–Kier alpha value is -1.67. The van der Waals surface area contributed by atoms with E-state index in [9.17, 15) is 15.1 Å². The predicted octanol–water partition coefficient (Wildman–Crippen LogP) is -0.121. The zero-order chi connectivity index (χ0) is 14.8. The number of aliphatic hydroxyl groups is 1. The molecule has 1 atom stereocenters. The molecule has 2 aliphatic heterocycles. The highest BCUT2D eigenvalue weighted by Gasteiger charge is 2.36. The van der Waals surface area contributed by atoms with Gasteiger partial charge in [-0.15, -0.1) is 0 Å². The topological polar surface area (TPSA) is 76.5 Å². The SMILES string of the molecule is O=C1C(O)N(O)c2ccccc2N1CCN1CCOCC1. The summed E-state index contributed by atoms with van der Waals surface area (Å²) in [4.78, 5) is 16.0. The van der Waals surface area contributed by atoms with Crippen molar-refractivity contribution in [2.45, 2.75) is 6.23 Å². The van der Waals surface area contributed by atoms with E-state index in [1.165, 1.54) is 4.90 Å². The summed E-state index contributed by atoms with van der Waals surface area (Å²) in [6.45, 7) is 4.29. The number of morpholine rings is 1. The normalized spacial score (nSPS) is 23.3. The lowest BCUT2D eigenvalue weighted by Crippen LogP contribution is -2.54. The summed E-state index contributed by atoms with van der Waals surface area (Å²) in [7, 11) is 0. The van der Waals surface area contributed by atoms with Crippen LogP contribution in [0.4, 0.5) is 11.4 Å². The van der Waals surface area contributed by atoms with E-state index < -0.39 is 12.1 Å². The number of carbonyl (C=O) groups is 1. The van der Waals surface area contributed by atoms with Gasteiger partial charge in [-0.2, -0.15) is 0 Å². The van der Waals surface area contributed by atoms with Crippen LogP contribution in [0.15, 0.2) is 24.3 Å². The van der Waals surface area contributed by atoms with Crippen molar-refractivity contribution >= 4 is 17.3 Å². The number of hydrogen-bond acceptors (Lipinski definition) is 6. The highest BCUT2D eigenvalue weighted by Crippen LogP contribution is 2.33. The Morgan fingerprint density at radius 2 is 1.81 bits per heavy atom. The number of hydrogen-bond donors (Lipinski definition) is 2. The maximum atomic E-state index is 12.2. The van der Waals surface area contributed by atoms with Gasteiger partial charge in [0.15, 0.2) is 0 Å². The number of carbonyl (C=O) groups excluding carboxylic acids is 1. The molecule has 1 aromatic rings. The van der Waals surface area contributed by atoms with E-state index in [1.807, 2.05) is 0 Å². The summed E-state index contributed by atoms with van der Waals surface area (Å²) in [5.74, 6) is -0.510. The first-order valence-corrected chi connectivity index (χ1v) is 7.05. The number of hydroxylamine groups is 1. The van der Waals surface area contributed by atoms with Gasteiger partial charge in [0.1, 0.15) is 0 Å². The molecule has 0 radical (unpaired) electrons. The van der Waals surface area contributed by atoms with Crippen LogP contribution < -0.4 is 9.96 Å². The summed E-state index contributed by atoms with van der Waals surface area (Å²) in [5.41, 5.74) is 1.05. The standard InChI is InChI=1S/C14H19N3O4/c18-13-14(19)17(20)12-4-2-1-3-11(12)16(13)6-5-15-7-9-21-10-8-15/h1-4,14,19-20H,5-10H2. The molecular formula is C14H19N3O4. The molecule has 114 valence electrons. The second-order valence-corrected chi connectivity index (χ2v) is 5.15. The lowest BCUT2D eigenvalue weighted by atomic mass is 10.1. The molecule has 2 aliphatic rings. The van der Waals surface area contributed by atoms with Crippen LogP contribution in [0.2, 0.25) is 0 Å². The third-order valence-electron chi connectivity index (χ3n) is 3.88. The Kier molecular flexibility index (Phi) is 4.07. The number of anilines is 2. The fraction of sp³-hybridized carbons (Fsp3) is 0.500. The van der Waals surface area contributed by atoms with Gasteiger partial charge in [0.2, 0.25) is 6.23 Å². The second-order valence-electron chi connectivity index (χ2n) is 5.15. The average molecular weight is 293 g/mol. The quantitative estimate of drug-likeness (QED) is 0.809. The first-order valence-electron chi connectivity index (χ1n) is 7.05. The maximum absolute atomic E-state index is 12.2. The van der Waals surface area contributed by atoms with E-state index in [0.717, 1.165) is 13.1 Å². The molecule has 1 aromatic carbocycles. The van der Waals surface area contributed by atoms with E-state index in [-0.39, 0.29) is 0 Å². The van der Waals surface area contributed by atoms with E-state index in [0.29, 0.717) is 42.7 Å². The average Bonchev–Trinajstić information content (AvgIpc) is 2.54. The van der Waals surface area contributed by atoms with Gasteiger partial charge in [-0.25, -0.2) is 5.06 Å². The largest absolute Gasteiger partial charge is 0.379 e. The van der Waals surface area contributed by atoms with E-state index >= 15 is 0 Å². The van der Waals surface area contributed by atoms with Crippen LogP contribution in [0.5, 0.6) is 0 Å². The first kappa shape index (κ1) is 14.3. The molecule has 2 N–H and O–H groups in total. The molecule has 0 saturated carbocycles. The highest BCUT2D eigenvalue weighted by molar-refractivity contribution is 6.03. The zero-order valence-corrected chi connectivity index (χ0v) is 11.7. The number of ether oxygens (including phenoxy) is 1. The maximum Gasteiger partial charge on any atom is 0.279 e. The van der Waals surface area contributed by atoms with Gasteiger partial charge in [0, 0.05) is 26.2 Å². The van der Waals surface area contributed by atoms with Crippen molar-refractivity contribution in [1.29, 1.82) is 0 Å². The Bertz CT molecular complexity index is 519. The molecule has 21 heavy (non-hydrogen) atoms. The lowest BCUT2D eigenvalue weighted by Gasteiger charge is -2.38. The number of rotatable bonds is 3. The summed E-state index contributed by atoms with van der Waals surface area (Å²) in [5, 5.41) is 20.3. The van der Waals surface area contributed by atoms with Gasteiger partial charge in [-0.3, -0.25) is 14.9 Å². The van der Waals surface area contributed by atoms with Crippen LogP contribution in [-0.2, 0) is 9.53 Å². The van der Waals surface area contributed by atoms with Crippen LogP contribution in [0.1, 0.15) is 0 Å². The van der Waals surface area contributed by atoms with E-state index in [2.05, 4.69) is 4.90 Å². The monoisotopic (exact) mass is 293 g/mol. The Morgan fingerprint density at radius 1 is 1.14 bits per heavy atom. The molecule has 0 aromatic heterocycles. The molecule has 7 nitrogen and oxygen atoms in total. The van der Waals surface area contributed by atoms with Gasteiger partial charge < -0.3 is 14.7 Å². The zero-order valence-electron chi connectivity index (χ0n) is 11.7. The van der Waals surface area contributed by atoms with Gasteiger partial charge >= 0.3 is 0 Å². The van der Waals surface area contributed by atoms with E-state index in [4.69, 9.17) is 4.74 Å². The molecular weight excluding hydrogens is 274 g/mol. The smallest absolute Gasteiger partial charge is 0.279 e. The predicted molar refractivity (Wildman–Crippen MR) is 76.3 cm³/mol. The van der Waals surface area contributed by atoms with Crippen molar-refractivity contribution in [3.05, 3.63) is 24.3 Å². The molecule has 7 heteroatoms. The number of nitrogens with zero attached hydrogens (tertiary/aromatic N) is 3. The minimum absolute atomic E-state index is 0.437. The van der Waals surface area contributed by atoms with Crippen molar-refractivity contribution in [1.82, 2.24) is 4.90 Å². The van der Waals surface area contributed by atoms with Crippen LogP contribution in [-0.4, -0.2) is 66.7 Å². The highest BCUT2D eigenvalue weighted by atomic mass is 16.5. The molecule has 0 spiro atoms. The van der Waals surface area contributed by atoms with E-state index in [1.54, 1.807) is 24.3 Å². The van der Waals surface area contributed by atoms with Crippen LogP contribution in [0.25, 0.3) is 0 Å². The van der Waals surface area contributed by atoms with Crippen molar-refractivity contribution in [2.24, 2.45) is 0 Å². The molecule has 2 heterocycles. The molecule has 1 unspecified atom stereocenters. The Balaban J connectivity index is 1.76. The summed E-state index contributed by atoms with van der Waals surface area (Å²) in [6, 6.07) is 7.00. The number of aliphatic hydroxyl groups excluding tert-OH is 1. The summed E-state index contributed by atoms with van der Waals surface area (Å²) < 4.78 is 5.30. The van der Waals surface area contributed by atoms with Crippen molar-refractivity contribution in [2.75, 3.05) is 49.4 Å². The lowest BCUT2D eigenvalue weighted by molar-refractivity contribution is -0.130. The van der Waals surface area contributed by atoms with Gasteiger partial charge in [-0.1, -0.05) is 12.1 Å². The van der Waals surface area contributed by atoms with Gasteiger partial charge in [-0.05, 0) is 12.1 Å². The summed E-state index contributed by atoms with van der Waals surface area (Å²) in [6.07, 6.45) is -1.55. The number of para-hydroxylation sites is 2. The van der Waals surface area contributed by atoms with Crippen molar-refractivity contribution in [3.8, 4) is 0 Å². The third kappa shape index (κ3) is 2.73. The van der Waals surface area contributed by atoms with Crippen LogP contribution in [0.3, 0.4) is 0 Å². The van der Waals surface area contributed by atoms with Gasteiger partial charge in [0.05, 0.1) is 24.6 Å². The van der Waals surface area contributed by atoms with Crippen LogP contribution >= 0.6 is 0 Å². The molecule has 3 rings (SSSR count). The molecule has 0 aliphatic carbocycles. The first-order chi connectivity index (χ1) is 10.2. The van der Waals surface area contributed by atoms with Crippen molar-refractivity contribution in [3.63, 3.8) is 0 Å². The van der Waals surface area contributed by atoms with Crippen molar-refractivity contribution < 1.29 is 19.8 Å². The minimum Gasteiger partial charge on any atom is -0.379 e. The number of amides is 1. The fourth-order valence-electron chi connectivity index (χ4n) is 2.68. The molecule has 1 saturated heterocycles. The summed E-state index contributed by atoms with van der Waals surface area (Å²) >= 11 is 0. The fourth-order valence-corrected chi connectivity index (χ4v) is 2.68. The van der Waals surface area contributed by atoms with Gasteiger partial charge in [0.25, 0.3) is 5.91 Å². The van der Waals surface area contributed by atoms with Crippen LogP contribution in [0, 0.1) is 0 Å². The molecule has 1 fully saturated rings. The number of benzene rings is 1. The molecule has 0 bridgehead atoms. The second kappa shape index (κ2) is 5.98. The Labute approximate surface area is 122 Å². The Morgan fingerprint density at radius 3 is 2.52 bits per heavy atom. The third-order valence-corrected chi connectivity index (χ3v) is 3.88.